The van der Waals surface area contributed by atoms with Crippen LogP contribution < -0.4 is 15.0 Å². The Labute approximate surface area is 202 Å². The van der Waals surface area contributed by atoms with Crippen LogP contribution in [0.4, 0.5) is 0 Å². The van der Waals surface area contributed by atoms with E-state index in [-0.39, 0.29) is 28.8 Å². The Bertz CT molecular complexity index is 1410. The Balaban J connectivity index is 1.27. The number of phenolic OH excluding ortho intramolecular Hbond substituents is 1. The third-order valence-corrected chi connectivity index (χ3v) is 7.27. The van der Waals surface area contributed by atoms with Crippen LogP contribution in [0.25, 0.3) is 6.08 Å². The second-order valence-corrected chi connectivity index (χ2v) is 9.55. The van der Waals surface area contributed by atoms with Gasteiger partial charge in [-0.3, -0.25) is 14.5 Å². The van der Waals surface area contributed by atoms with E-state index in [2.05, 4.69) is 4.90 Å². The van der Waals surface area contributed by atoms with E-state index in [1.165, 1.54) is 0 Å². The van der Waals surface area contributed by atoms with E-state index in [1.54, 1.807) is 31.4 Å². The number of aromatic nitrogens is 1. The van der Waals surface area contributed by atoms with Gasteiger partial charge in [-0.25, -0.2) is 0 Å². The molecule has 1 saturated heterocycles. The van der Waals surface area contributed by atoms with E-state index in [0.717, 1.165) is 36.5 Å². The number of rotatable bonds is 4. The molecule has 2 aromatic carbocycles. The number of hydrogen-bond acceptors (Lipinski definition) is 6. The molecule has 2 bridgehead atoms. The third-order valence-electron chi connectivity index (χ3n) is 7.27. The molecule has 0 spiro atoms. The molecule has 3 aromatic rings. The number of Topliss-reactive ketones (excluding diaryl/α,β-unsaturated/α-hetero) is 1. The zero-order valence-corrected chi connectivity index (χ0v) is 19.4. The van der Waals surface area contributed by atoms with E-state index in [4.69, 9.17) is 9.47 Å². The van der Waals surface area contributed by atoms with E-state index >= 15 is 0 Å². The average Bonchev–Trinajstić information content (AvgIpc) is 3.17. The Hall–Kier alpha value is -3.84. The average molecular weight is 471 g/mol. The van der Waals surface area contributed by atoms with E-state index in [0.29, 0.717) is 35.9 Å². The maximum Gasteiger partial charge on any atom is 0.250 e. The Kier molecular flexibility index (Phi) is 5.22. The van der Waals surface area contributed by atoms with Gasteiger partial charge < -0.3 is 19.1 Å². The summed E-state index contributed by atoms with van der Waals surface area (Å²) in [7, 11) is 1.61. The van der Waals surface area contributed by atoms with Crippen molar-refractivity contribution in [2.45, 2.75) is 25.4 Å². The summed E-state index contributed by atoms with van der Waals surface area (Å²) in [6, 6.07) is 16.1. The summed E-state index contributed by atoms with van der Waals surface area (Å²) >= 11 is 0. The Morgan fingerprint density at radius 3 is 2.69 bits per heavy atom. The van der Waals surface area contributed by atoms with Gasteiger partial charge in [-0.15, -0.1) is 0 Å². The molecule has 1 N–H and O–H groups in total. The molecular formula is C28H26N2O5. The van der Waals surface area contributed by atoms with Gasteiger partial charge in [0.05, 0.1) is 18.2 Å². The first-order valence-electron chi connectivity index (χ1n) is 11.9. The highest BCUT2D eigenvalue weighted by Gasteiger charge is 2.36. The lowest BCUT2D eigenvalue weighted by molar-refractivity contribution is 0.101. The number of phenols is 1. The van der Waals surface area contributed by atoms with Crippen LogP contribution in [-0.2, 0) is 13.1 Å². The Morgan fingerprint density at radius 2 is 1.89 bits per heavy atom. The van der Waals surface area contributed by atoms with Gasteiger partial charge in [0.2, 0.25) is 5.78 Å². The van der Waals surface area contributed by atoms with Crippen LogP contribution in [0.2, 0.25) is 0 Å². The van der Waals surface area contributed by atoms with Gasteiger partial charge in [-0.2, -0.15) is 0 Å². The number of fused-ring (bicyclic) bond motifs is 5. The summed E-state index contributed by atoms with van der Waals surface area (Å²) < 4.78 is 13.2. The molecule has 2 atom stereocenters. The predicted molar refractivity (Wildman–Crippen MR) is 131 cm³/mol. The molecular weight excluding hydrogens is 444 g/mol. The van der Waals surface area contributed by atoms with Crippen molar-refractivity contribution in [3.63, 3.8) is 0 Å². The van der Waals surface area contributed by atoms with Gasteiger partial charge >= 0.3 is 0 Å². The van der Waals surface area contributed by atoms with Crippen LogP contribution in [0.1, 0.15) is 39.5 Å². The van der Waals surface area contributed by atoms with Gasteiger partial charge in [0.15, 0.2) is 5.76 Å². The third kappa shape index (κ3) is 3.82. The number of nitrogens with zero attached hydrogens (tertiary/aromatic N) is 2. The molecule has 3 aliphatic heterocycles. The highest BCUT2D eigenvalue weighted by atomic mass is 16.5. The first-order valence-corrected chi connectivity index (χ1v) is 11.9. The van der Waals surface area contributed by atoms with Gasteiger partial charge in [0.25, 0.3) is 5.56 Å². The number of likely N-dealkylation sites (tertiary alicyclic amines) is 1. The van der Waals surface area contributed by atoms with Crippen LogP contribution in [0.5, 0.6) is 17.2 Å². The molecule has 0 amide bonds. The molecule has 35 heavy (non-hydrogen) atoms. The van der Waals surface area contributed by atoms with Crippen molar-refractivity contribution in [2.75, 3.05) is 20.2 Å². The predicted octanol–water partition coefficient (Wildman–Crippen LogP) is 3.80. The minimum absolute atomic E-state index is 0.0623. The lowest BCUT2D eigenvalue weighted by atomic mass is 9.83. The Morgan fingerprint density at radius 1 is 1.06 bits per heavy atom. The summed E-state index contributed by atoms with van der Waals surface area (Å²) in [6.45, 7) is 2.79. The maximum absolute atomic E-state index is 13.1. The highest BCUT2D eigenvalue weighted by molar-refractivity contribution is 6.15. The number of carbonyl (C=O) groups excluding carboxylic acids is 1. The molecule has 1 aromatic heterocycles. The first kappa shape index (κ1) is 21.7. The van der Waals surface area contributed by atoms with Crippen molar-refractivity contribution in [3.05, 3.63) is 93.1 Å². The lowest BCUT2D eigenvalue weighted by Gasteiger charge is -2.42. The van der Waals surface area contributed by atoms with Gasteiger partial charge in [0.1, 0.15) is 17.2 Å². The summed E-state index contributed by atoms with van der Waals surface area (Å²) in [6.07, 6.45) is 2.77. The monoisotopic (exact) mass is 470 g/mol. The lowest BCUT2D eigenvalue weighted by Crippen LogP contribution is -2.46. The van der Waals surface area contributed by atoms with Crippen molar-refractivity contribution in [2.24, 2.45) is 5.92 Å². The minimum atomic E-state index is -0.194. The van der Waals surface area contributed by atoms with Crippen LogP contribution >= 0.6 is 0 Å². The zero-order valence-electron chi connectivity index (χ0n) is 19.4. The molecule has 178 valence electrons. The fourth-order valence-electron chi connectivity index (χ4n) is 5.65. The number of methoxy groups -OCH3 is 1. The standard InChI is InChI=1S/C28H26N2O5/c1-34-20-7-5-17(6-8-20)12-25-27(33)21-9-10-24(31)22(28(21)35-25)16-29-13-18-11-19(15-29)23-3-2-4-26(32)30(23)14-18/h2-10,12,18-19,31H,11,13-16H2,1H3/t18-,19-/m0/s1. The number of carbonyl (C=O) groups is 1. The molecule has 3 aliphatic rings. The van der Waals surface area contributed by atoms with E-state index in [1.807, 2.05) is 41.0 Å². The molecule has 6 rings (SSSR count). The molecule has 7 heteroatoms. The number of benzene rings is 2. The van der Waals surface area contributed by atoms with Crippen molar-refractivity contribution >= 4 is 11.9 Å². The second kappa shape index (κ2) is 8.43. The van der Waals surface area contributed by atoms with Gasteiger partial charge in [-0.05, 0) is 54.3 Å². The van der Waals surface area contributed by atoms with Crippen molar-refractivity contribution in [1.82, 2.24) is 9.47 Å². The quantitative estimate of drug-likeness (QED) is 0.585. The molecule has 0 saturated carbocycles. The van der Waals surface area contributed by atoms with E-state index < -0.39 is 0 Å². The number of ether oxygens (including phenoxy) is 2. The fourth-order valence-corrected chi connectivity index (χ4v) is 5.65. The summed E-state index contributed by atoms with van der Waals surface area (Å²) in [5, 5.41) is 10.7. The van der Waals surface area contributed by atoms with Crippen LogP contribution in [0.3, 0.4) is 0 Å². The summed E-state index contributed by atoms with van der Waals surface area (Å²) in [5.74, 6) is 1.97. The number of aromatic hydroxyl groups is 1. The number of piperidine rings is 1. The maximum atomic E-state index is 13.1. The molecule has 0 aliphatic carbocycles. The largest absolute Gasteiger partial charge is 0.507 e. The number of hydrogen-bond donors (Lipinski definition) is 1. The normalized spacial score (nSPS) is 22.0. The fraction of sp³-hybridized carbons (Fsp3) is 0.286. The van der Waals surface area contributed by atoms with Crippen LogP contribution in [-0.4, -0.2) is 40.6 Å². The molecule has 0 unspecified atom stereocenters. The summed E-state index contributed by atoms with van der Waals surface area (Å²) in [4.78, 5) is 27.7. The summed E-state index contributed by atoms with van der Waals surface area (Å²) in [5.41, 5.74) is 3.06. The van der Waals surface area contributed by atoms with Crippen molar-refractivity contribution in [3.8, 4) is 17.2 Å². The van der Waals surface area contributed by atoms with Crippen molar-refractivity contribution < 1.29 is 19.4 Å². The minimum Gasteiger partial charge on any atom is -0.507 e. The number of ketones is 1. The van der Waals surface area contributed by atoms with Crippen molar-refractivity contribution in [1.29, 1.82) is 0 Å². The second-order valence-electron chi connectivity index (χ2n) is 9.55. The first-order chi connectivity index (χ1) is 17.0. The SMILES string of the molecule is COc1ccc(C=C2Oc3c(ccc(O)c3CN3C[C@@H]4C[C@@H](C3)c3cccc(=O)n3C4)C2=O)cc1. The molecule has 1 fully saturated rings. The molecule has 0 radical (unpaired) electrons. The van der Waals surface area contributed by atoms with E-state index in [9.17, 15) is 14.7 Å². The highest BCUT2D eigenvalue weighted by Crippen LogP contribution is 2.42. The van der Waals surface area contributed by atoms with Gasteiger partial charge in [0, 0.05) is 43.9 Å². The number of allylic oxidation sites excluding steroid dienone is 1. The van der Waals surface area contributed by atoms with Crippen LogP contribution in [0.15, 0.2) is 65.2 Å². The van der Waals surface area contributed by atoms with Crippen LogP contribution in [0, 0.1) is 5.92 Å². The topological polar surface area (TPSA) is 81.0 Å². The molecule has 7 nitrogen and oxygen atoms in total. The van der Waals surface area contributed by atoms with Gasteiger partial charge in [-0.1, -0.05) is 18.2 Å². The smallest absolute Gasteiger partial charge is 0.250 e. The molecule has 4 heterocycles. The number of pyridine rings is 1. The zero-order chi connectivity index (χ0) is 24.1.